The molecule has 0 fully saturated rings. The molecule has 106 valence electrons. The van der Waals surface area contributed by atoms with Gasteiger partial charge >= 0.3 is 0 Å². The van der Waals surface area contributed by atoms with E-state index >= 15 is 0 Å². The Morgan fingerprint density at radius 1 is 1.00 bits per heavy atom. The third kappa shape index (κ3) is 2.99. The maximum atomic E-state index is 13.5. The molecule has 3 nitrogen and oxygen atoms in total. The molecule has 5 heteroatoms. The van der Waals surface area contributed by atoms with Crippen LogP contribution in [0, 0.1) is 11.6 Å². The molecule has 0 amide bonds. The van der Waals surface area contributed by atoms with E-state index in [1.54, 1.807) is 25.3 Å². The molecule has 0 aliphatic heterocycles. The van der Waals surface area contributed by atoms with Crippen molar-refractivity contribution in [2.75, 3.05) is 19.5 Å². The van der Waals surface area contributed by atoms with Crippen LogP contribution < -0.4 is 14.8 Å². The van der Waals surface area contributed by atoms with Gasteiger partial charge in [-0.05, 0) is 24.3 Å². The van der Waals surface area contributed by atoms with Crippen molar-refractivity contribution in [1.82, 2.24) is 0 Å². The molecule has 0 aliphatic rings. The van der Waals surface area contributed by atoms with Gasteiger partial charge in [0.2, 0.25) is 0 Å². The summed E-state index contributed by atoms with van der Waals surface area (Å²) < 4.78 is 37.3. The average Bonchev–Trinajstić information content (AvgIpc) is 2.46. The Bertz CT molecular complexity index is 582. The van der Waals surface area contributed by atoms with Crippen molar-refractivity contribution in [3.05, 3.63) is 53.6 Å². The third-order valence-corrected chi connectivity index (χ3v) is 2.91. The van der Waals surface area contributed by atoms with E-state index in [0.717, 1.165) is 5.56 Å². The van der Waals surface area contributed by atoms with Crippen LogP contribution in [0.5, 0.6) is 11.5 Å². The van der Waals surface area contributed by atoms with Gasteiger partial charge in [-0.2, -0.15) is 0 Å². The summed E-state index contributed by atoms with van der Waals surface area (Å²) >= 11 is 0. The topological polar surface area (TPSA) is 30.5 Å². The zero-order chi connectivity index (χ0) is 14.5. The molecule has 0 bridgehead atoms. The fourth-order valence-corrected chi connectivity index (χ4v) is 1.85. The number of para-hydroxylation sites is 1. The summed E-state index contributed by atoms with van der Waals surface area (Å²) in [5, 5.41) is 2.74. The van der Waals surface area contributed by atoms with Gasteiger partial charge in [0.25, 0.3) is 0 Å². The molecule has 0 saturated heterocycles. The number of halogens is 2. The van der Waals surface area contributed by atoms with E-state index in [0.29, 0.717) is 11.5 Å². The molecule has 0 heterocycles. The van der Waals surface area contributed by atoms with Crippen molar-refractivity contribution in [1.29, 1.82) is 0 Å². The fourth-order valence-electron chi connectivity index (χ4n) is 1.85. The van der Waals surface area contributed by atoms with Crippen molar-refractivity contribution < 1.29 is 18.3 Å². The first-order valence-corrected chi connectivity index (χ1v) is 6.04. The summed E-state index contributed by atoms with van der Waals surface area (Å²) in [7, 11) is 3.09. The van der Waals surface area contributed by atoms with Gasteiger partial charge in [0, 0.05) is 18.2 Å². The van der Waals surface area contributed by atoms with Crippen LogP contribution in [-0.2, 0) is 6.54 Å². The average molecular weight is 279 g/mol. The molecule has 0 aliphatic carbocycles. The van der Waals surface area contributed by atoms with E-state index in [2.05, 4.69) is 5.32 Å². The Balaban J connectivity index is 2.19. The second-order valence-electron chi connectivity index (χ2n) is 4.13. The Hall–Kier alpha value is -2.30. The highest BCUT2D eigenvalue weighted by atomic mass is 19.1. The minimum atomic E-state index is -0.627. The quantitative estimate of drug-likeness (QED) is 0.907. The first kappa shape index (κ1) is 14.1. The Morgan fingerprint density at radius 2 is 1.70 bits per heavy atom. The van der Waals surface area contributed by atoms with Crippen LogP contribution in [0.25, 0.3) is 0 Å². The zero-order valence-electron chi connectivity index (χ0n) is 11.2. The molecule has 0 aromatic heterocycles. The van der Waals surface area contributed by atoms with Gasteiger partial charge in [-0.25, -0.2) is 8.78 Å². The first-order valence-electron chi connectivity index (χ1n) is 6.04. The number of methoxy groups -OCH3 is 2. The summed E-state index contributed by atoms with van der Waals surface area (Å²) in [4.78, 5) is 0. The van der Waals surface area contributed by atoms with Crippen molar-refractivity contribution in [3.8, 4) is 11.5 Å². The van der Waals surface area contributed by atoms with Crippen molar-refractivity contribution >= 4 is 5.69 Å². The van der Waals surface area contributed by atoms with Gasteiger partial charge in [-0.3, -0.25) is 0 Å². The molecule has 0 radical (unpaired) electrons. The number of hydrogen-bond acceptors (Lipinski definition) is 3. The molecule has 0 atom stereocenters. The number of hydrogen-bond donors (Lipinski definition) is 1. The fraction of sp³-hybridized carbons (Fsp3) is 0.200. The van der Waals surface area contributed by atoms with Gasteiger partial charge in [-0.15, -0.1) is 0 Å². The first-order chi connectivity index (χ1) is 9.65. The number of rotatable bonds is 5. The van der Waals surface area contributed by atoms with Crippen LogP contribution >= 0.6 is 0 Å². The zero-order valence-corrected chi connectivity index (χ0v) is 11.2. The highest BCUT2D eigenvalue weighted by molar-refractivity contribution is 5.48. The van der Waals surface area contributed by atoms with E-state index in [1.165, 1.54) is 25.3 Å². The van der Waals surface area contributed by atoms with Crippen LogP contribution in [0.3, 0.4) is 0 Å². The molecular weight excluding hydrogens is 264 g/mol. The van der Waals surface area contributed by atoms with Crippen molar-refractivity contribution in [2.24, 2.45) is 0 Å². The van der Waals surface area contributed by atoms with E-state index in [4.69, 9.17) is 9.47 Å². The molecule has 2 aromatic rings. The van der Waals surface area contributed by atoms with Crippen LogP contribution in [0.4, 0.5) is 14.5 Å². The summed E-state index contributed by atoms with van der Waals surface area (Å²) in [6.45, 7) is 0.241. The van der Waals surface area contributed by atoms with Gasteiger partial charge in [0.05, 0.1) is 14.2 Å². The van der Waals surface area contributed by atoms with Crippen LogP contribution in [0.2, 0.25) is 0 Å². The summed E-state index contributed by atoms with van der Waals surface area (Å²) in [5.74, 6) is -0.00812. The Morgan fingerprint density at radius 3 is 2.30 bits per heavy atom. The lowest BCUT2D eigenvalue weighted by atomic mass is 10.2. The van der Waals surface area contributed by atoms with E-state index in [9.17, 15) is 8.78 Å². The highest BCUT2D eigenvalue weighted by Crippen LogP contribution is 2.26. The molecule has 0 unspecified atom stereocenters. The van der Waals surface area contributed by atoms with Gasteiger partial charge in [0.15, 0.2) is 0 Å². The lowest BCUT2D eigenvalue weighted by Crippen LogP contribution is -2.05. The minimum Gasteiger partial charge on any atom is -0.497 e. The normalized spacial score (nSPS) is 10.2. The summed E-state index contributed by atoms with van der Waals surface area (Å²) in [5.41, 5.74) is 0.626. The van der Waals surface area contributed by atoms with Gasteiger partial charge < -0.3 is 14.8 Å². The number of anilines is 1. The maximum Gasteiger partial charge on any atom is 0.149 e. The molecule has 20 heavy (non-hydrogen) atoms. The lowest BCUT2D eigenvalue weighted by Gasteiger charge is -2.13. The molecule has 0 saturated carbocycles. The highest BCUT2D eigenvalue weighted by Gasteiger charge is 2.10. The predicted molar refractivity (Wildman–Crippen MR) is 73.2 cm³/mol. The monoisotopic (exact) mass is 279 g/mol. The SMILES string of the molecule is COc1ccc(CNc2c(F)cccc2F)c(OC)c1. The van der Waals surface area contributed by atoms with E-state index in [-0.39, 0.29) is 12.2 Å². The molecule has 2 aromatic carbocycles. The number of benzene rings is 2. The second-order valence-corrected chi connectivity index (χ2v) is 4.13. The van der Waals surface area contributed by atoms with Crippen LogP contribution in [0.15, 0.2) is 36.4 Å². The lowest BCUT2D eigenvalue weighted by molar-refractivity contribution is 0.391. The number of nitrogens with one attached hydrogen (secondary N) is 1. The minimum absolute atomic E-state index is 0.148. The number of ether oxygens (including phenoxy) is 2. The van der Waals surface area contributed by atoms with Crippen LogP contribution in [0.1, 0.15) is 5.56 Å². The molecule has 0 spiro atoms. The Kier molecular flexibility index (Phi) is 4.40. The van der Waals surface area contributed by atoms with E-state index < -0.39 is 11.6 Å². The predicted octanol–water partition coefficient (Wildman–Crippen LogP) is 3.59. The van der Waals surface area contributed by atoms with Crippen LogP contribution in [-0.4, -0.2) is 14.2 Å². The summed E-state index contributed by atoms with van der Waals surface area (Å²) in [6.07, 6.45) is 0. The van der Waals surface area contributed by atoms with Crippen molar-refractivity contribution in [2.45, 2.75) is 6.54 Å². The van der Waals surface area contributed by atoms with E-state index in [1.807, 2.05) is 0 Å². The molecular formula is C15H15F2NO2. The Labute approximate surface area is 116 Å². The molecule has 1 N–H and O–H groups in total. The smallest absolute Gasteiger partial charge is 0.149 e. The molecule has 2 rings (SSSR count). The van der Waals surface area contributed by atoms with Crippen molar-refractivity contribution in [3.63, 3.8) is 0 Å². The standard InChI is InChI=1S/C15H15F2NO2/c1-19-11-7-6-10(14(8-11)20-2)9-18-15-12(16)4-3-5-13(15)17/h3-8,18H,9H2,1-2H3. The van der Waals surface area contributed by atoms with Gasteiger partial charge in [-0.1, -0.05) is 6.07 Å². The maximum absolute atomic E-state index is 13.5. The third-order valence-electron chi connectivity index (χ3n) is 2.91. The largest absolute Gasteiger partial charge is 0.497 e. The van der Waals surface area contributed by atoms with Gasteiger partial charge in [0.1, 0.15) is 28.8 Å². The second kappa shape index (κ2) is 6.23. The summed E-state index contributed by atoms with van der Waals surface area (Å²) in [6, 6.07) is 8.99.